The molecule has 6 nitrogen and oxygen atoms in total. The van der Waals surface area contributed by atoms with E-state index in [2.05, 4.69) is 32.2 Å². The van der Waals surface area contributed by atoms with Gasteiger partial charge in [-0.25, -0.2) is 0 Å². The summed E-state index contributed by atoms with van der Waals surface area (Å²) in [6, 6.07) is 17.6. The van der Waals surface area contributed by atoms with Crippen LogP contribution in [0, 0.1) is 17.3 Å². The van der Waals surface area contributed by atoms with E-state index in [1.165, 1.54) is 6.42 Å². The van der Waals surface area contributed by atoms with Crippen molar-refractivity contribution in [3.05, 3.63) is 72.0 Å². The van der Waals surface area contributed by atoms with E-state index in [-0.39, 0.29) is 23.0 Å². The summed E-state index contributed by atoms with van der Waals surface area (Å²) in [5.41, 5.74) is 2.56. The van der Waals surface area contributed by atoms with Gasteiger partial charge in [-0.2, -0.15) is 0 Å². The monoisotopic (exact) mass is 501 g/mol. The van der Waals surface area contributed by atoms with Crippen LogP contribution >= 0.6 is 0 Å². The molecule has 1 amide bonds. The van der Waals surface area contributed by atoms with Crippen molar-refractivity contribution >= 4 is 24.0 Å². The average Bonchev–Trinajstić information content (AvgIpc) is 3.47. The van der Waals surface area contributed by atoms with Gasteiger partial charge >= 0.3 is 7.12 Å². The second kappa shape index (κ2) is 9.30. The minimum Gasteiger partial charge on any atom is -0.464 e. The van der Waals surface area contributed by atoms with Gasteiger partial charge in [-0.3, -0.25) is 4.79 Å². The smallest absolute Gasteiger partial charge is 0.464 e. The number of hydrogen-bond donors (Lipinski definition) is 1. The first kappa shape index (κ1) is 24.7. The van der Waals surface area contributed by atoms with Crippen molar-refractivity contribution in [1.82, 2.24) is 5.32 Å². The number of benzene rings is 2. The van der Waals surface area contributed by atoms with Crippen molar-refractivity contribution < 1.29 is 23.3 Å². The van der Waals surface area contributed by atoms with Gasteiger partial charge in [-0.15, -0.1) is 0 Å². The fourth-order valence-corrected chi connectivity index (χ4v) is 7.09. The van der Waals surface area contributed by atoms with Gasteiger partial charge in [-0.05, 0) is 67.6 Å². The van der Waals surface area contributed by atoms with Gasteiger partial charge in [0, 0.05) is 12.0 Å². The maximum absolute atomic E-state index is 13.7. The van der Waals surface area contributed by atoms with E-state index in [9.17, 15) is 4.79 Å². The van der Waals surface area contributed by atoms with Crippen LogP contribution in [0.15, 0.2) is 65.3 Å². The normalized spacial score (nSPS) is 29.4. The van der Waals surface area contributed by atoms with Gasteiger partial charge in [0.05, 0.1) is 23.9 Å². The number of carbonyl (C=O) groups excluding carboxylic acids is 1. The Kier molecular flexibility index (Phi) is 6.21. The number of hydrogen-bond acceptors (Lipinski definition) is 5. The van der Waals surface area contributed by atoms with E-state index in [1.54, 1.807) is 6.26 Å². The van der Waals surface area contributed by atoms with E-state index in [1.807, 2.05) is 55.5 Å². The molecular formula is C30H36BNO5. The SMILES string of the molecule is CCO[C@@H](C(=O)N[C@@H](Cc1coc2ccccc12)B1O[C@@H]2C[C@@H]3C[C@@H](C3(C)C)[C@]2(C)O1)c1ccccc1. The summed E-state index contributed by atoms with van der Waals surface area (Å²) in [6.45, 7) is 9.25. The Bertz CT molecular complexity index is 1280. The van der Waals surface area contributed by atoms with Crippen LogP contribution in [0.3, 0.4) is 0 Å². The van der Waals surface area contributed by atoms with Gasteiger partial charge in [-0.1, -0.05) is 62.4 Å². The summed E-state index contributed by atoms with van der Waals surface area (Å²) < 4.78 is 25.2. The quantitative estimate of drug-likeness (QED) is 0.413. The summed E-state index contributed by atoms with van der Waals surface area (Å²) >= 11 is 0. The summed E-state index contributed by atoms with van der Waals surface area (Å²) in [6.07, 6.45) is 3.82. The highest BCUT2D eigenvalue weighted by Crippen LogP contribution is 2.65. The molecule has 194 valence electrons. The summed E-state index contributed by atoms with van der Waals surface area (Å²) in [5, 5.41) is 4.30. The maximum atomic E-state index is 13.7. The third-order valence-corrected chi connectivity index (χ3v) is 9.30. The Morgan fingerprint density at radius 1 is 1.11 bits per heavy atom. The van der Waals surface area contributed by atoms with E-state index < -0.39 is 19.2 Å². The summed E-state index contributed by atoms with van der Waals surface area (Å²) in [4.78, 5) is 13.7. The van der Waals surface area contributed by atoms with Crippen molar-refractivity contribution in [3.63, 3.8) is 0 Å². The first-order valence-electron chi connectivity index (χ1n) is 13.6. The molecule has 3 saturated carbocycles. The third-order valence-electron chi connectivity index (χ3n) is 9.30. The van der Waals surface area contributed by atoms with Crippen LogP contribution in [-0.4, -0.2) is 37.3 Å². The fraction of sp³-hybridized carbons (Fsp3) is 0.500. The van der Waals surface area contributed by atoms with Crippen molar-refractivity contribution in [2.75, 3.05) is 6.61 Å². The van der Waals surface area contributed by atoms with E-state index >= 15 is 0 Å². The lowest BCUT2D eigenvalue weighted by atomic mass is 9.43. The maximum Gasteiger partial charge on any atom is 0.482 e. The molecule has 1 aliphatic heterocycles. The predicted molar refractivity (Wildman–Crippen MR) is 143 cm³/mol. The van der Waals surface area contributed by atoms with Crippen LogP contribution in [-0.2, 0) is 25.3 Å². The van der Waals surface area contributed by atoms with Gasteiger partial charge in [0.15, 0.2) is 6.10 Å². The van der Waals surface area contributed by atoms with Gasteiger partial charge in [0.2, 0.25) is 0 Å². The second-order valence-electron chi connectivity index (χ2n) is 11.7. The minimum atomic E-state index is -0.708. The molecule has 1 saturated heterocycles. The molecule has 7 rings (SSSR count). The third kappa shape index (κ3) is 4.12. The number of carbonyl (C=O) groups is 1. The van der Waals surface area contributed by atoms with Crippen molar-refractivity contribution in [2.24, 2.45) is 17.3 Å². The second-order valence-corrected chi connectivity index (χ2v) is 11.7. The highest BCUT2D eigenvalue weighted by Gasteiger charge is 2.68. The molecule has 3 aliphatic carbocycles. The molecule has 4 aliphatic rings. The van der Waals surface area contributed by atoms with Crippen LogP contribution in [0.1, 0.15) is 57.8 Å². The van der Waals surface area contributed by atoms with Crippen molar-refractivity contribution in [3.8, 4) is 0 Å². The van der Waals surface area contributed by atoms with Crippen LogP contribution in [0.2, 0.25) is 0 Å². The van der Waals surface area contributed by atoms with E-state index in [0.29, 0.717) is 24.9 Å². The topological polar surface area (TPSA) is 69.9 Å². The van der Waals surface area contributed by atoms with Gasteiger partial charge in [0.1, 0.15) is 5.58 Å². The first-order chi connectivity index (χ1) is 17.8. The lowest BCUT2D eigenvalue weighted by molar-refractivity contribution is -0.199. The number of ether oxygens (including phenoxy) is 1. The number of furan rings is 1. The molecule has 1 N–H and O–H groups in total. The Morgan fingerprint density at radius 2 is 1.86 bits per heavy atom. The lowest BCUT2D eigenvalue weighted by Gasteiger charge is -2.64. The molecule has 0 unspecified atom stereocenters. The number of para-hydroxylation sites is 1. The average molecular weight is 501 g/mol. The zero-order chi connectivity index (χ0) is 25.8. The Labute approximate surface area is 219 Å². The van der Waals surface area contributed by atoms with E-state index in [4.69, 9.17) is 18.5 Å². The molecular weight excluding hydrogens is 465 g/mol. The number of amides is 1. The Balaban J connectivity index is 1.29. The highest BCUT2D eigenvalue weighted by atomic mass is 16.7. The molecule has 7 heteroatoms. The zero-order valence-electron chi connectivity index (χ0n) is 22.1. The standard InChI is InChI=1S/C30H36BNO5/c1-5-34-27(19-11-7-6-8-12-19)28(33)32-26(15-20-18-35-23-14-10-9-13-22(20)23)31-36-25-17-21-16-24(29(21,2)3)30(25,4)37-31/h6-14,18,21,24-27H,5,15-17H2,1-4H3,(H,32,33)/t21-,24-,25+,26-,27+,30-/m0/s1. The van der Waals surface area contributed by atoms with Crippen LogP contribution in [0.4, 0.5) is 0 Å². The van der Waals surface area contributed by atoms with Crippen molar-refractivity contribution in [2.45, 2.75) is 70.7 Å². The fourth-order valence-electron chi connectivity index (χ4n) is 7.09. The molecule has 0 radical (unpaired) electrons. The molecule has 37 heavy (non-hydrogen) atoms. The molecule has 0 spiro atoms. The van der Waals surface area contributed by atoms with Crippen LogP contribution in [0.25, 0.3) is 11.0 Å². The zero-order valence-corrected chi connectivity index (χ0v) is 22.1. The molecule has 2 heterocycles. The highest BCUT2D eigenvalue weighted by molar-refractivity contribution is 6.48. The van der Waals surface area contributed by atoms with Crippen LogP contribution in [0.5, 0.6) is 0 Å². The molecule has 2 bridgehead atoms. The molecule has 4 fully saturated rings. The number of fused-ring (bicyclic) bond motifs is 1. The van der Waals surface area contributed by atoms with Gasteiger partial charge in [0.25, 0.3) is 5.91 Å². The molecule has 3 aromatic rings. The summed E-state index contributed by atoms with van der Waals surface area (Å²) in [5.74, 6) is 0.509. The largest absolute Gasteiger partial charge is 0.482 e. The predicted octanol–water partition coefficient (Wildman–Crippen LogP) is 5.51. The Morgan fingerprint density at radius 3 is 2.62 bits per heavy atom. The first-order valence-corrected chi connectivity index (χ1v) is 13.6. The van der Waals surface area contributed by atoms with Crippen LogP contribution < -0.4 is 5.32 Å². The number of rotatable bonds is 8. The van der Waals surface area contributed by atoms with E-state index in [0.717, 1.165) is 28.5 Å². The molecule has 2 aromatic carbocycles. The van der Waals surface area contributed by atoms with Crippen molar-refractivity contribution in [1.29, 1.82) is 0 Å². The lowest BCUT2D eigenvalue weighted by Crippen LogP contribution is -2.65. The summed E-state index contributed by atoms with van der Waals surface area (Å²) in [7, 11) is -0.555. The molecule has 1 aromatic heterocycles. The van der Waals surface area contributed by atoms with Gasteiger partial charge < -0.3 is 23.8 Å². The minimum absolute atomic E-state index is 0.0339. The molecule has 6 atom stereocenters. The Hall–Kier alpha value is -2.61. The number of nitrogens with one attached hydrogen (secondary N) is 1.